The van der Waals surface area contributed by atoms with Crippen LogP contribution in [0.25, 0.3) is 0 Å². The number of hydrogen-bond acceptors (Lipinski definition) is 0. The average Bonchev–Trinajstić information content (AvgIpc) is 2.84. The second-order valence-electron chi connectivity index (χ2n) is 5.44. The van der Waals surface area contributed by atoms with Crippen molar-refractivity contribution in [3.63, 3.8) is 0 Å². The second-order valence-corrected chi connectivity index (χ2v) is 8.84. The van der Waals surface area contributed by atoms with Gasteiger partial charge in [0.2, 0.25) is 0 Å². The molecule has 17 heavy (non-hydrogen) atoms. The van der Waals surface area contributed by atoms with Gasteiger partial charge in [-0.3, -0.25) is 0 Å². The van der Waals surface area contributed by atoms with Crippen LogP contribution in [-0.4, -0.2) is 11.3 Å². The van der Waals surface area contributed by atoms with E-state index in [4.69, 9.17) is 0 Å². The molecule has 2 rings (SSSR count). The Morgan fingerprint density at radius 2 is 1.47 bits per heavy atom. The van der Waals surface area contributed by atoms with Gasteiger partial charge in [0, 0.05) is 11.8 Å². The number of hydrogen-bond donors (Lipinski definition) is 0. The molecule has 0 fully saturated rings. The fraction of sp³-hybridized carbons (Fsp3) is 0.500. The maximum atomic E-state index is 2.39. The minimum absolute atomic E-state index is 0.00437. The first-order valence-corrected chi connectivity index (χ1v) is 8.11. The maximum absolute atomic E-state index is 2.39. The Hall–Kier alpha value is -0.610. The van der Waals surface area contributed by atoms with Crippen molar-refractivity contribution in [2.75, 3.05) is 0 Å². The molecule has 0 bridgehead atoms. The summed E-state index contributed by atoms with van der Waals surface area (Å²) in [6, 6.07) is 0. The zero-order valence-electron chi connectivity index (χ0n) is 11.3. The van der Waals surface area contributed by atoms with E-state index in [9.17, 15) is 0 Å². The van der Waals surface area contributed by atoms with Crippen LogP contribution in [0.2, 0.25) is 0 Å². The van der Waals surface area contributed by atoms with Gasteiger partial charge in [-0.15, -0.1) is 0 Å². The Morgan fingerprint density at radius 1 is 0.882 bits per heavy atom. The molecule has 1 unspecified atom stereocenters. The van der Waals surface area contributed by atoms with Gasteiger partial charge < -0.3 is 0 Å². The molecular formula is C16H23P. The van der Waals surface area contributed by atoms with E-state index in [0.717, 1.165) is 11.3 Å². The van der Waals surface area contributed by atoms with Crippen molar-refractivity contribution in [1.82, 2.24) is 0 Å². The van der Waals surface area contributed by atoms with E-state index in [1.807, 2.05) is 0 Å². The molecule has 0 heterocycles. The number of allylic oxidation sites excluding steroid dienone is 8. The summed E-state index contributed by atoms with van der Waals surface area (Å²) in [4.78, 5) is 0. The third-order valence-corrected chi connectivity index (χ3v) is 6.80. The van der Waals surface area contributed by atoms with Crippen molar-refractivity contribution in [2.45, 2.75) is 39.0 Å². The molecule has 0 spiro atoms. The van der Waals surface area contributed by atoms with Crippen LogP contribution < -0.4 is 0 Å². The van der Waals surface area contributed by atoms with Gasteiger partial charge in [0.25, 0.3) is 0 Å². The summed E-state index contributed by atoms with van der Waals surface area (Å²) in [7, 11) is -0.00437. The summed E-state index contributed by atoms with van der Waals surface area (Å²) in [5.74, 6) is 1.23. The molecular weight excluding hydrogens is 223 g/mol. The molecule has 0 saturated heterocycles. The molecule has 0 radical (unpaired) electrons. The molecule has 0 nitrogen and oxygen atoms in total. The summed E-state index contributed by atoms with van der Waals surface area (Å²) in [6.45, 7) is 9.51. The molecule has 1 heteroatoms. The molecule has 0 saturated carbocycles. The normalized spacial score (nSPS) is 23.7. The van der Waals surface area contributed by atoms with Crippen LogP contribution in [0.4, 0.5) is 0 Å². The van der Waals surface area contributed by atoms with Crippen LogP contribution in [0, 0.1) is 11.8 Å². The highest BCUT2D eigenvalue weighted by molar-refractivity contribution is 7.63. The van der Waals surface area contributed by atoms with Crippen LogP contribution in [0.5, 0.6) is 0 Å². The topological polar surface area (TPSA) is 0 Å². The summed E-state index contributed by atoms with van der Waals surface area (Å²) in [6.07, 6.45) is 16.1. The third kappa shape index (κ3) is 2.63. The van der Waals surface area contributed by atoms with E-state index < -0.39 is 0 Å². The second kappa shape index (κ2) is 5.36. The van der Waals surface area contributed by atoms with Gasteiger partial charge in [-0.05, 0) is 16.6 Å². The van der Waals surface area contributed by atoms with Gasteiger partial charge in [-0.2, -0.15) is 0 Å². The molecule has 2 aliphatic rings. The van der Waals surface area contributed by atoms with E-state index in [2.05, 4.69) is 70.2 Å². The standard InChI is InChI=1S/C16H23P/c1-12(2)17(13(3)4)16-11-7-10-15(16)14-8-5-6-9-14/h5-15H,1-4H3. The predicted octanol–water partition coefficient (Wildman–Crippen LogP) is 5.10. The molecule has 0 aromatic heterocycles. The zero-order chi connectivity index (χ0) is 12.4. The highest BCUT2D eigenvalue weighted by Crippen LogP contribution is 2.59. The molecule has 0 N–H and O–H groups in total. The van der Waals surface area contributed by atoms with Gasteiger partial charge >= 0.3 is 0 Å². The Kier molecular flexibility index (Phi) is 4.05. The van der Waals surface area contributed by atoms with Crippen LogP contribution in [-0.2, 0) is 0 Å². The van der Waals surface area contributed by atoms with Crippen molar-refractivity contribution in [3.05, 3.63) is 47.8 Å². The minimum atomic E-state index is -0.00437. The van der Waals surface area contributed by atoms with Gasteiger partial charge in [0.15, 0.2) is 0 Å². The van der Waals surface area contributed by atoms with Gasteiger partial charge in [0.05, 0.1) is 0 Å². The summed E-state index contributed by atoms with van der Waals surface area (Å²) in [5, 5.41) is 1.70. The van der Waals surface area contributed by atoms with Crippen molar-refractivity contribution >= 4 is 7.92 Å². The highest BCUT2D eigenvalue weighted by atomic mass is 31.1. The first kappa shape index (κ1) is 12.8. The SMILES string of the molecule is CC(C)P(C1=CC=CC1C1C=CC=C1)C(C)C. The summed E-state index contributed by atoms with van der Waals surface area (Å²) >= 11 is 0. The zero-order valence-corrected chi connectivity index (χ0v) is 12.2. The molecule has 0 amide bonds. The minimum Gasteiger partial charge on any atom is -0.0767 e. The van der Waals surface area contributed by atoms with E-state index in [-0.39, 0.29) is 7.92 Å². The molecule has 0 aromatic rings. The monoisotopic (exact) mass is 246 g/mol. The molecule has 0 aromatic carbocycles. The smallest absolute Gasteiger partial charge is 0.0123 e. The fourth-order valence-corrected chi connectivity index (χ4v) is 6.19. The Bertz CT molecular complexity index is 362. The predicted molar refractivity (Wildman–Crippen MR) is 79.7 cm³/mol. The van der Waals surface area contributed by atoms with Crippen molar-refractivity contribution < 1.29 is 0 Å². The number of rotatable bonds is 4. The Morgan fingerprint density at radius 3 is 2.00 bits per heavy atom. The third-order valence-electron chi connectivity index (χ3n) is 3.53. The molecule has 0 aliphatic heterocycles. The van der Waals surface area contributed by atoms with Gasteiger partial charge in [-0.25, -0.2) is 0 Å². The lowest BCUT2D eigenvalue weighted by molar-refractivity contribution is 0.677. The lowest BCUT2D eigenvalue weighted by Crippen LogP contribution is -2.13. The first-order chi connectivity index (χ1) is 8.11. The first-order valence-electron chi connectivity index (χ1n) is 6.63. The Labute approximate surface area is 107 Å². The molecule has 92 valence electrons. The van der Waals surface area contributed by atoms with E-state index >= 15 is 0 Å². The van der Waals surface area contributed by atoms with Crippen molar-refractivity contribution in [3.8, 4) is 0 Å². The maximum Gasteiger partial charge on any atom is 0.0123 e. The summed E-state index contributed by atoms with van der Waals surface area (Å²) in [5.41, 5.74) is 1.57. The lowest BCUT2D eigenvalue weighted by Gasteiger charge is -2.32. The highest BCUT2D eigenvalue weighted by Gasteiger charge is 2.30. The largest absolute Gasteiger partial charge is 0.0767 e. The van der Waals surface area contributed by atoms with Gasteiger partial charge in [0.1, 0.15) is 0 Å². The van der Waals surface area contributed by atoms with Crippen molar-refractivity contribution in [1.29, 1.82) is 0 Å². The Balaban J connectivity index is 2.20. The summed E-state index contributed by atoms with van der Waals surface area (Å²) < 4.78 is 0. The quantitative estimate of drug-likeness (QED) is 0.605. The van der Waals surface area contributed by atoms with E-state index in [0.29, 0.717) is 11.8 Å². The van der Waals surface area contributed by atoms with Crippen LogP contribution >= 0.6 is 7.92 Å². The van der Waals surface area contributed by atoms with Crippen LogP contribution in [0.1, 0.15) is 27.7 Å². The molecule has 1 atom stereocenters. The van der Waals surface area contributed by atoms with E-state index in [1.165, 1.54) is 0 Å². The molecule has 2 aliphatic carbocycles. The van der Waals surface area contributed by atoms with E-state index in [1.54, 1.807) is 5.31 Å². The van der Waals surface area contributed by atoms with Crippen molar-refractivity contribution in [2.24, 2.45) is 11.8 Å². The van der Waals surface area contributed by atoms with Crippen LogP contribution in [0.15, 0.2) is 47.8 Å². The lowest BCUT2D eigenvalue weighted by atomic mass is 9.95. The fourth-order valence-electron chi connectivity index (χ4n) is 2.95. The average molecular weight is 246 g/mol. The van der Waals surface area contributed by atoms with Gasteiger partial charge in [-0.1, -0.05) is 78.1 Å². The van der Waals surface area contributed by atoms with Crippen LogP contribution in [0.3, 0.4) is 0 Å².